The van der Waals surface area contributed by atoms with Crippen LogP contribution in [0.15, 0.2) is 51.5 Å². The maximum Gasteiger partial charge on any atom is 0.338 e. The fraction of sp³-hybridized carbons (Fsp3) is 0.238. The predicted molar refractivity (Wildman–Crippen MR) is 110 cm³/mol. The van der Waals surface area contributed by atoms with Crippen molar-refractivity contribution in [3.63, 3.8) is 0 Å². The SMILES string of the molecule is COC(=O)C1=C(C)N=c2s/c(=C/c3ccc(F)cc3)c(=O)n2[C@H]1c1cnn(C)c1C. The van der Waals surface area contributed by atoms with Crippen molar-refractivity contribution in [2.24, 2.45) is 12.0 Å². The number of carbonyl (C=O) groups excluding carboxylic acids is 1. The molecule has 0 N–H and O–H groups in total. The largest absolute Gasteiger partial charge is 0.466 e. The summed E-state index contributed by atoms with van der Waals surface area (Å²) < 4.78 is 21.8. The summed E-state index contributed by atoms with van der Waals surface area (Å²) in [6.07, 6.45) is 3.34. The van der Waals surface area contributed by atoms with E-state index in [9.17, 15) is 14.0 Å². The third kappa shape index (κ3) is 3.21. The molecule has 7 nitrogen and oxygen atoms in total. The first-order valence-electron chi connectivity index (χ1n) is 9.16. The number of carbonyl (C=O) groups is 1. The molecule has 1 aliphatic rings. The number of ether oxygens (including phenoxy) is 1. The summed E-state index contributed by atoms with van der Waals surface area (Å²) in [5.74, 6) is -0.892. The highest BCUT2D eigenvalue weighted by atomic mass is 32.1. The second-order valence-electron chi connectivity index (χ2n) is 6.93. The lowest BCUT2D eigenvalue weighted by atomic mass is 9.96. The van der Waals surface area contributed by atoms with Crippen LogP contribution in [-0.4, -0.2) is 27.4 Å². The van der Waals surface area contributed by atoms with E-state index in [4.69, 9.17) is 4.74 Å². The van der Waals surface area contributed by atoms with Crippen LogP contribution in [0.3, 0.4) is 0 Å². The van der Waals surface area contributed by atoms with E-state index in [1.165, 1.54) is 35.1 Å². The number of esters is 1. The van der Waals surface area contributed by atoms with Gasteiger partial charge in [0.1, 0.15) is 11.9 Å². The average Bonchev–Trinajstić information content (AvgIpc) is 3.21. The highest BCUT2D eigenvalue weighted by Crippen LogP contribution is 2.32. The quantitative estimate of drug-likeness (QED) is 0.596. The van der Waals surface area contributed by atoms with Gasteiger partial charge in [-0.05, 0) is 37.6 Å². The summed E-state index contributed by atoms with van der Waals surface area (Å²) in [6, 6.07) is 5.18. The molecule has 0 aliphatic carbocycles. The third-order valence-corrected chi connectivity index (χ3v) is 6.15. The summed E-state index contributed by atoms with van der Waals surface area (Å²) in [5, 5.41) is 4.28. The normalized spacial score (nSPS) is 16.4. The number of aromatic nitrogens is 3. The van der Waals surface area contributed by atoms with Gasteiger partial charge in [-0.2, -0.15) is 5.10 Å². The summed E-state index contributed by atoms with van der Waals surface area (Å²) >= 11 is 1.22. The van der Waals surface area contributed by atoms with Gasteiger partial charge in [-0.1, -0.05) is 23.5 Å². The number of hydrogen-bond acceptors (Lipinski definition) is 6. The van der Waals surface area contributed by atoms with Crippen molar-refractivity contribution in [3.05, 3.63) is 84.1 Å². The number of halogens is 1. The molecule has 154 valence electrons. The average molecular weight is 426 g/mol. The second-order valence-corrected chi connectivity index (χ2v) is 7.94. The second kappa shape index (κ2) is 7.49. The molecule has 3 heterocycles. The summed E-state index contributed by atoms with van der Waals surface area (Å²) in [5.41, 5.74) is 2.75. The smallest absolute Gasteiger partial charge is 0.338 e. The minimum absolute atomic E-state index is 0.287. The Labute approximate surface area is 175 Å². The molecule has 0 saturated heterocycles. The van der Waals surface area contributed by atoms with Crippen LogP contribution in [0.5, 0.6) is 0 Å². The summed E-state index contributed by atoms with van der Waals surface area (Å²) in [4.78, 5) is 30.9. The molecule has 1 atom stereocenters. The molecular formula is C21H19FN4O3S. The lowest BCUT2D eigenvalue weighted by Crippen LogP contribution is -2.40. The van der Waals surface area contributed by atoms with E-state index in [0.29, 0.717) is 26.2 Å². The van der Waals surface area contributed by atoms with Crippen LogP contribution in [0.4, 0.5) is 4.39 Å². The van der Waals surface area contributed by atoms with Gasteiger partial charge in [-0.25, -0.2) is 14.2 Å². The fourth-order valence-corrected chi connectivity index (χ4v) is 4.53. The first kappa shape index (κ1) is 20.0. The van der Waals surface area contributed by atoms with Crippen LogP contribution in [0.2, 0.25) is 0 Å². The van der Waals surface area contributed by atoms with E-state index in [1.807, 2.05) is 6.92 Å². The Balaban J connectivity index is 1.99. The number of fused-ring (bicyclic) bond motifs is 1. The Kier molecular flexibility index (Phi) is 4.98. The van der Waals surface area contributed by atoms with Crippen LogP contribution in [0.1, 0.15) is 29.8 Å². The van der Waals surface area contributed by atoms with E-state index in [1.54, 1.807) is 43.1 Å². The van der Waals surface area contributed by atoms with Gasteiger partial charge < -0.3 is 4.74 Å². The van der Waals surface area contributed by atoms with Crippen molar-refractivity contribution in [1.82, 2.24) is 14.3 Å². The molecule has 0 bridgehead atoms. The van der Waals surface area contributed by atoms with Crippen LogP contribution < -0.4 is 14.9 Å². The number of thiazole rings is 1. The number of nitrogens with zero attached hydrogens (tertiary/aromatic N) is 4. The van der Waals surface area contributed by atoms with E-state index in [2.05, 4.69) is 10.1 Å². The minimum atomic E-state index is -0.697. The standard InChI is InChI=1S/C21H19FN4O3S/c1-11-17(20(28)29-4)18(15-10-23-25(3)12(15)2)26-19(27)16(30-21(26)24-11)9-13-5-7-14(22)8-6-13/h5-10,18H,1-4H3/b16-9+/t18-/m0/s1. The van der Waals surface area contributed by atoms with E-state index in [-0.39, 0.29) is 11.4 Å². The highest BCUT2D eigenvalue weighted by Gasteiger charge is 2.34. The van der Waals surface area contributed by atoms with Gasteiger partial charge in [-0.15, -0.1) is 0 Å². The zero-order valence-corrected chi connectivity index (χ0v) is 17.7. The first-order valence-corrected chi connectivity index (χ1v) is 9.98. The topological polar surface area (TPSA) is 78.5 Å². The molecule has 0 fully saturated rings. The van der Waals surface area contributed by atoms with E-state index in [0.717, 1.165) is 11.3 Å². The fourth-order valence-electron chi connectivity index (χ4n) is 3.48. The molecule has 0 saturated carbocycles. The number of aryl methyl sites for hydroxylation is 1. The maximum absolute atomic E-state index is 13.4. The number of hydrogen-bond donors (Lipinski definition) is 0. The number of benzene rings is 1. The summed E-state index contributed by atoms with van der Waals surface area (Å²) in [7, 11) is 3.10. The van der Waals surface area contributed by atoms with Crippen LogP contribution >= 0.6 is 11.3 Å². The lowest BCUT2D eigenvalue weighted by Gasteiger charge is -2.23. The van der Waals surface area contributed by atoms with Crippen molar-refractivity contribution in [2.75, 3.05) is 7.11 Å². The predicted octanol–water partition coefficient (Wildman–Crippen LogP) is 1.59. The van der Waals surface area contributed by atoms with Gasteiger partial charge in [0.05, 0.1) is 29.1 Å². The van der Waals surface area contributed by atoms with Crippen molar-refractivity contribution < 1.29 is 13.9 Å². The molecule has 3 aromatic rings. The first-order chi connectivity index (χ1) is 14.3. The van der Waals surface area contributed by atoms with Gasteiger partial charge in [0.15, 0.2) is 4.80 Å². The molecule has 9 heteroatoms. The Hall–Kier alpha value is -3.33. The van der Waals surface area contributed by atoms with Crippen molar-refractivity contribution in [2.45, 2.75) is 19.9 Å². The maximum atomic E-state index is 13.4. The number of allylic oxidation sites excluding steroid dienone is 1. The zero-order chi connectivity index (χ0) is 21.6. The Morgan fingerprint density at radius 2 is 1.97 bits per heavy atom. The Morgan fingerprint density at radius 3 is 2.57 bits per heavy atom. The molecule has 30 heavy (non-hydrogen) atoms. The minimum Gasteiger partial charge on any atom is -0.466 e. The van der Waals surface area contributed by atoms with Crippen molar-refractivity contribution in [3.8, 4) is 0 Å². The van der Waals surface area contributed by atoms with Crippen molar-refractivity contribution >= 4 is 23.4 Å². The molecule has 0 amide bonds. The third-order valence-electron chi connectivity index (χ3n) is 5.16. The zero-order valence-electron chi connectivity index (χ0n) is 16.8. The van der Waals surface area contributed by atoms with Gasteiger partial charge in [0.2, 0.25) is 0 Å². The monoisotopic (exact) mass is 426 g/mol. The van der Waals surface area contributed by atoms with Crippen LogP contribution in [-0.2, 0) is 16.6 Å². The molecular weight excluding hydrogens is 407 g/mol. The van der Waals surface area contributed by atoms with Crippen LogP contribution in [0.25, 0.3) is 6.08 Å². The van der Waals surface area contributed by atoms with Gasteiger partial charge >= 0.3 is 5.97 Å². The molecule has 0 radical (unpaired) electrons. The van der Waals surface area contributed by atoms with Crippen molar-refractivity contribution in [1.29, 1.82) is 0 Å². The molecule has 1 aromatic carbocycles. The Morgan fingerprint density at radius 1 is 1.27 bits per heavy atom. The van der Waals surface area contributed by atoms with Crippen LogP contribution in [0, 0.1) is 12.7 Å². The van der Waals surface area contributed by atoms with Gasteiger partial charge in [0.25, 0.3) is 5.56 Å². The number of methoxy groups -OCH3 is 1. The molecule has 1 aliphatic heterocycles. The van der Waals surface area contributed by atoms with Gasteiger partial charge in [-0.3, -0.25) is 14.0 Å². The molecule has 2 aromatic heterocycles. The van der Waals surface area contributed by atoms with Gasteiger partial charge in [0, 0.05) is 18.3 Å². The molecule has 0 unspecified atom stereocenters. The van der Waals surface area contributed by atoms with E-state index < -0.39 is 12.0 Å². The number of rotatable bonds is 3. The van der Waals surface area contributed by atoms with E-state index >= 15 is 0 Å². The highest BCUT2D eigenvalue weighted by molar-refractivity contribution is 7.07. The molecule has 4 rings (SSSR count). The summed E-state index contributed by atoms with van der Waals surface area (Å²) in [6.45, 7) is 3.60. The lowest BCUT2D eigenvalue weighted by molar-refractivity contribution is -0.136. The Bertz CT molecular complexity index is 1360. The molecule has 0 spiro atoms.